The molecular weight excluding hydrogens is 504 g/mol. The zero-order valence-electron chi connectivity index (χ0n) is 21.7. The average Bonchev–Trinajstić information content (AvgIpc) is 3.57. The molecule has 0 fully saturated rings. The van der Waals surface area contributed by atoms with Crippen molar-refractivity contribution in [3.05, 3.63) is 118 Å². The van der Waals surface area contributed by atoms with E-state index in [2.05, 4.69) is 32.2 Å². The van der Waals surface area contributed by atoms with Gasteiger partial charge in [0, 0.05) is 31.0 Å². The van der Waals surface area contributed by atoms with Crippen molar-refractivity contribution < 1.29 is 4.79 Å². The maximum atomic E-state index is 14.0. The lowest BCUT2D eigenvalue weighted by atomic mass is 10.1. The molecule has 3 N–H and O–H groups in total. The van der Waals surface area contributed by atoms with Gasteiger partial charge in [-0.2, -0.15) is 5.10 Å². The van der Waals surface area contributed by atoms with Crippen molar-refractivity contribution in [2.24, 2.45) is 7.05 Å². The van der Waals surface area contributed by atoms with E-state index in [0.717, 1.165) is 5.56 Å². The molecule has 0 spiro atoms. The smallest absolute Gasteiger partial charge is 0.338 e. The second-order valence-electron chi connectivity index (χ2n) is 9.31. The van der Waals surface area contributed by atoms with E-state index in [9.17, 15) is 9.59 Å². The van der Waals surface area contributed by atoms with Crippen molar-refractivity contribution in [3.63, 3.8) is 0 Å². The summed E-state index contributed by atoms with van der Waals surface area (Å²) in [6.07, 6.45) is 6.66. The first-order valence-corrected chi connectivity index (χ1v) is 12.5. The van der Waals surface area contributed by atoms with Crippen molar-refractivity contribution in [3.8, 4) is 17.5 Å². The van der Waals surface area contributed by atoms with Gasteiger partial charge in [-0.15, -0.1) is 0 Å². The predicted octanol–water partition coefficient (Wildman–Crippen LogP) is 3.24. The average molecular weight is 529 g/mol. The summed E-state index contributed by atoms with van der Waals surface area (Å²) in [7, 11) is 1.82. The molecular formula is C30H24N8O2. The summed E-state index contributed by atoms with van der Waals surface area (Å²) in [5.41, 5.74) is 9.61. The lowest BCUT2D eigenvalue weighted by molar-refractivity contribution is 0.0940. The van der Waals surface area contributed by atoms with Crippen LogP contribution in [0.25, 0.3) is 22.1 Å². The minimum Gasteiger partial charge on any atom is -0.383 e. The fourth-order valence-electron chi connectivity index (χ4n) is 4.70. The largest absolute Gasteiger partial charge is 0.383 e. The zero-order valence-corrected chi connectivity index (χ0v) is 21.7. The number of benzene rings is 1. The van der Waals surface area contributed by atoms with Crippen LogP contribution >= 0.6 is 0 Å². The SMILES string of the molecule is C[C@H](NC(=O)c1c(N)ncc2cccnc12)c1cc2ccc(C#Cc3cnn(C)c3)n2c(=O)n1-c1ccccc1. The minimum absolute atomic E-state index is 0.0789. The number of anilines is 1. The summed E-state index contributed by atoms with van der Waals surface area (Å²) in [6.45, 7) is 1.82. The molecule has 0 radical (unpaired) electrons. The number of rotatable bonds is 4. The van der Waals surface area contributed by atoms with Gasteiger partial charge in [0.05, 0.1) is 40.2 Å². The van der Waals surface area contributed by atoms with Crippen LogP contribution in [0, 0.1) is 11.8 Å². The molecule has 0 saturated carbocycles. The number of nitrogens with two attached hydrogens (primary N) is 1. The molecule has 0 aliphatic rings. The maximum Gasteiger partial charge on any atom is 0.338 e. The van der Waals surface area contributed by atoms with Crippen LogP contribution in [0.5, 0.6) is 0 Å². The van der Waals surface area contributed by atoms with Crippen LogP contribution in [-0.2, 0) is 7.05 Å². The fourth-order valence-corrected chi connectivity index (χ4v) is 4.70. The fraction of sp³-hybridized carbons (Fsp3) is 0.100. The Bertz CT molecular complexity index is 2030. The summed E-state index contributed by atoms with van der Waals surface area (Å²) in [5, 5.41) is 7.84. The molecule has 0 aliphatic heterocycles. The van der Waals surface area contributed by atoms with E-state index in [1.807, 2.05) is 62.5 Å². The maximum absolute atomic E-state index is 14.0. The van der Waals surface area contributed by atoms with Crippen LogP contribution in [-0.4, -0.2) is 34.6 Å². The van der Waals surface area contributed by atoms with E-state index in [1.54, 1.807) is 50.6 Å². The summed E-state index contributed by atoms with van der Waals surface area (Å²) >= 11 is 0. The molecule has 6 rings (SSSR count). The first-order chi connectivity index (χ1) is 19.4. The molecule has 1 amide bonds. The van der Waals surface area contributed by atoms with Crippen molar-refractivity contribution >= 4 is 28.1 Å². The van der Waals surface area contributed by atoms with Crippen molar-refractivity contribution in [2.75, 3.05) is 5.73 Å². The molecule has 5 aromatic heterocycles. The Morgan fingerprint density at radius 3 is 2.62 bits per heavy atom. The second kappa shape index (κ2) is 9.89. The number of amides is 1. The number of nitrogen functional groups attached to an aromatic ring is 1. The van der Waals surface area contributed by atoms with Gasteiger partial charge < -0.3 is 11.1 Å². The number of fused-ring (bicyclic) bond motifs is 2. The van der Waals surface area contributed by atoms with Gasteiger partial charge in [0.2, 0.25) is 0 Å². The molecule has 0 unspecified atom stereocenters. The number of carbonyl (C=O) groups excluding carboxylic acids is 1. The number of aryl methyl sites for hydroxylation is 1. The third-order valence-electron chi connectivity index (χ3n) is 6.59. The quantitative estimate of drug-likeness (QED) is 0.339. The highest BCUT2D eigenvalue weighted by Crippen LogP contribution is 2.23. The van der Waals surface area contributed by atoms with Gasteiger partial charge >= 0.3 is 5.69 Å². The van der Waals surface area contributed by atoms with Gasteiger partial charge in [0.15, 0.2) is 0 Å². The Labute approximate surface area is 228 Å². The van der Waals surface area contributed by atoms with Gasteiger partial charge in [-0.1, -0.05) is 24.1 Å². The third-order valence-corrected chi connectivity index (χ3v) is 6.59. The molecule has 10 heteroatoms. The Balaban J connectivity index is 1.45. The highest BCUT2D eigenvalue weighted by atomic mass is 16.2. The molecule has 0 bridgehead atoms. The Hall–Kier alpha value is -5.69. The van der Waals surface area contributed by atoms with Crippen LogP contribution in [0.3, 0.4) is 0 Å². The highest BCUT2D eigenvalue weighted by molar-refractivity contribution is 6.09. The van der Waals surface area contributed by atoms with Gasteiger partial charge in [-0.25, -0.2) is 9.78 Å². The molecule has 40 heavy (non-hydrogen) atoms. The summed E-state index contributed by atoms with van der Waals surface area (Å²) in [5.74, 6) is 5.80. The number of hydrogen-bond acceptors (Lipinski definition) is 6. The van der Waals surface area contributed by atoms with E-state index < -0.39 is 11.9 Å². The van der Waals surface area contributed by atoms with E-state index >= 15 is 0 Å². The lowest BCUT2D eigenvalue weighted by Crippen LogP contribution is -2.35. The van der Waals surface area contributed by atoms with Gasteiger partial charge in [-0.05, 0) is 55.3 Å². The number of nitrogens with one attached hydrogen (secondary N) is 1. The first kappa shape index (κ1) is 24.6. The van der Waals surface area contributed by atoms with Crippen LogP contribution in [0.15, 0.2) is 90.2 Å². The van der Waals surface area contributed by atoms with E-state index in [0.29, 0.717) is 33.5 Å². The standard InChI is InChI=1S/C30H24N8O2/c1-19(35-29(39)26-27-21(7-6-14-32-27)17-33-28(26)31)25-15-24-13-12-23(11-10-20-16-34-36(2)18-20)37(24)30(40)38(25)22-8-4-3-5-9-22/h3-9,12-19H,1-2H3,(H2,31,33)(H,35,39)/t19-/m0/s1. The van der Waals surface area contributed by atoms with Crippen molar-refractivity contribution in [1.82, 2.24) is 34.0 Å². The van der Waals surface area contributed by atoms with Crippen LogP contribution in [0.4, 0.5) is 5.82 Å². The summed E-state index contributed by atoms with van der Waals surface area (Å²) in [4.78, 5) is 36.0. The monoisotopic (exact) mass is 528 g/mol. The predicted molar refractivity (Wildman–Crippen MR) is 152 cm³/mol. The summed E-state index contributed by atoms with van der Waals surface area (Å²) < 4.78 is 4.81. The van der Waals surface area contributed by atoms with Crippen LogP contribution < -0.4 is 16.7 Å². The molecule has 196 valence electrons. The molecule has 0 saturated heterocycles. The Morgan fingerprint density at radius 1 is 1.02 bits per heavy atom. The van der Waals surface area contributed by atoms with Gasteiger partial charge in [-0.3, -0.25) is 23.4 Å². The Morgan fingerprint density at radius 2 is 1.85 bits per heavy atom. The van der Waals surface area contributed by atoms with Crippen LogP contribution in [0.2, 0.25) is 0 Å². The zero-order chi connectivity index (χ0) is 27.8. The summed E-state index contributed by atoms with van der Waals surface area (Å²) in [6, 6.07) is 17.8. The number of para-hydroxylation sites is 1. The second-order valence-corrected chi connectivity index (χ2v) is 9.31. The molecule has 1 atom stereocenters. The van der Waals surface area contributed by atoms with E-state index in [4.69, 9.17) is 5.73 Å². The molecule has 6 aromatic rings. The van der Waals surface area contributed by atoms with Crippen molar-refractivity contribution in [2.45, 2.75) is 13.0 Å². The van der Waals surface area contributed by atoms with Crippen LogP contribution in [0.1, 0.15) is 40.3 Å². The molecule has 0 aliphatic carbocycles. The van der Waals surface area contributed by atoms with Gasteiger partial charge in [0.1, 0.15) is 17.1 Å². The number of aromatic nitrogens is 6. The van der Waals surface area contributed by atoms with Crippen molar-refractivity contribution in [1.29, 1.82) is 0 Å². The molecule has 1 aromatic carbocycles. The first-order valence-electron chi connectivity index (χ1n) is 12.5. The number of nitrogens with zero attached hydrogens (tertiary/aromatic N) is 6. The number of carbonyl (C=O) groups is 1. The van der Waals surface area contributed by atoms with E-state index in [-0.39, 0.29) is 17.1 Å². The normalized spacial score (nSPS) is 11.8. The minimum atomic E-state index is -0.580. The highest BCUT2D eigenvalue weighted by Gasteiger charge is 2.22. The number of hydrogen-bond donors (Lipinski definition) is 2. The topological polar surface area (TPSA) is 125 Å². The van der Waals surface area contributed by atoms with E-state index in [1.165, 1.54) is 0 Å². The molecule has 5 heterocycles. The number of pyridine rings is 2. The molecule has 10 nitrogen and oxygen atoms in total. The van der Waals surface area contributed by atoms with Gasteiger partial charge in [0.25, 0.3) is 5.91 Å². The third kappa shape index (κ3) is 4.35. The lowest BCUT2D eigenvalue weighted by Gasteiger charge is -2.21. The Kier molecular flexibility index (Phi) is 6.09.